The number of ether oxygens (including phenoxy) is 1. The van der Waals surface area contributed by atoms with Crippen LogP contribution in [0.4, 0.5) is 10.5 Å². The van der Waals surface area contributed by atoms with Crippen molar-refractivity contribution in [1.82, 2.24) is 14.8 Å². The molecule has 1 fully saturated rings. The summed E-state index contributed by atoms with van der Waals surface area (Å²) in [6.07, 6.45) is 6.95. The number of amides is 1. The second kappa shape index (κ2) is 6.43. The Morgan fingerprint density at radius 1 is 1.46 bits per heavy atom. The van der Waals surface area contributed by atoms with E-state index in [9.17, 15) is 4.79 Å². The van der Waals surface area contributed by atoms with Crippen molar-refractivity contribution in [2.24, 2.45) is 5.92 Å². The molecule has 1 aliphatic carbocycles. The highest BCUT2D eigenvalue weighted by molar-refractivity contribution is 6.32. The van der Waals surface area contributed by atoms with Gasteiger partial charge in [-0.25, -0.2) is 9.48 Å². The van der Waals surface area contributed by atoms with Gasteiger partial charge >= 0.3 is 6.09 Å². The van der Waals surface area contributed by atoms with Crippen LogP contribution in [0.3, 0.4) is 0 Å². The van der Waals surface area contributed by atoms with Crippen LogP contribution in [-0.4, -0.2) is 33.0 Å². The van der Waals surface area contributed by atoms with Crippen molar-refractivity contribution in [3.05, 3.63) is 35.9 Å². The Hall–Kier alpha value is -2.08. The molecule has 0 saturated heterocycles. The molecule has 6 nitrogen and oxygen atoms in total. The largest absolute Gasteiger partial charge is 0.443 e. The van der Waals surface area contributed by atoms with E-state index in [2.05, 4.69) is 10.1 Å². The van der Waals surface area contributed by atoms with E-state index in [1.165, 1.54) is 0 Å². The zero-order valence-electron chi connectivity index (χ0n) is 14.1. The predicted molar refractivity (Wildman–Crippen MR) is 92.7 cm³/mol. The molecule has 0 atom stereocenters. The van der Waals surface area contributed by atoms with Crippen LogP contribution in [0.25, 0.3) is 5.69 Å². The standard InChI is InChI=1S/C17H21ClN4O2/c1-17(2,3)24-16(23)21(10-12-6-7-12)14-11-22(20-15(14)18)13-5-4-8-19-9-13/h4-5,8-9,11-12H,6-7,10H2,1-3H3. The maximum Gasteiger partial charge on any atom is 0.414 e. The highest BCUT2D eigenvalue weighted by Crippen LogP contribution is 2.34. The molecule has 128 valence electrons. The number of carbonyl (C=O) groups excluding carboxylic acids is 1. The maximum atomic E-state index is 12.6. The summed E-state index contributed by atoms with van der Waals surface area (Å²) in [5.74, 6) is 0.496. The zero-order valence-corrected chi connectivity index (χ0v) is 14.8. The molecule has 0 aromatic carbocycles. The Morgan fingerprint density at radius 2 is 2.21 bits per heavy atom. The SMILES string of the molecule is CC(C)(C)OC(=O)N(CC1CC1)c1cn(-c2cccnc2)nc1Cl. The van der Waals surface area contributed by atoms with Crippen molar-refractivity contribution in [2.75, 3.05) is 11.4 Å². The van der Waals surface area contributed by atoms with E-state index >= 15 is 0 Å². The third-order valence-corrected chi connectivity index (χ3v) is 3.87. The minimum Gasteiger partial charge on any atom is -0.443 e. The van der Waals surface area contributed by atoms with E-state index < -0.39 is 11.7 Å². The lowest BCUT2D eigenvalue weighted by atomic mass is 10.2. The van der Waals surface area contributed by atoms with Gasteiger partial charge in [0.1, 0.15) is 11.3 Å². The summed E-state index contributed by atoms with van der Waals surface area (Å²) in [5, 5.41) is 4.57. The zero-order chi connectivity index (χ0) is 17.3. The van der Waals surface area contributed by atoms with Gasteiger partial charge in [0.05, 0.1) is 18.1 Å². The molecular formula is C17H21ClN4O2. The molecule has 0 radical (unpaired) electrons. The van der Waals surface area contributed by atoms with Crippen LogP contribution in [-0.2, 0) is 4.74 Å². The second-order valence-electron chi connectivity index (χ2n) is 7.00. The summed E-state index contributed by atoms with van der Waals surface area (Å²) in [7, 11) is 0. The average Bonchev–Trinajstić information content (AvgIpc) is 3.25. The van der Waals surface area contributed by atoms with Crippen LogP contribution >= 0.6 is 11.6 Å². The molecule has 0 spiro atoms. The Balaban J connectivity index is 1.90. The predicted octanol–water partition coefficient (Wildman–Crippen LogP) is 4.07. The third kappa shape index (κ3) is 4.06. The number of nitrogens with zero attached hydrogens (tertiary/aromatic N) is 4. The molecule has 2 aromatic heterocycles. The number of halogens is 1. The Kier molecular flexibility index (Phi) is 4.49. The lowest BCUT2D eigenvalue weighted by Gasteiger charge is -2.26. The molecule has 1 saturated carbocycles. The topological polar surface area (TPSA) is 60.2 Å². The molecule has 24 heavy (non-hydrogen) atoms. The van der Waals surface area contributed by atoms with Gasteiger partial charge in [-0.05, 0) is 51.7 Å². The van der Waals surface area contributed by atoms with E-state index in [-0.39, 0.29) is 5.15 Å². The van der Waals surface area contributed by atoms with Gasteiger partial charge in [-0.15, -0.1) is 0 Å². The number of hydrogen-bond donors (Lipinski definition) is 0. The first-order valence-corrected chi connectivity index (χ1v) is 8.37. The fourth-order valence-electron chi connectivity index (χ4n) is 2.29. The normalized spacial score (nSPS) is 14.5. The molecular weight excluding hydrogens is 328 g/mol. The monoisotopic (exact) mass is 348 g/mol. The Morgan fingerprint density at radius 3 is 2.79 bits per heavy atom. The van der Waals surface area contributed by atoms with Crippen molar-refractivity contribution < 1.29 is 9.53 Å². The number of hydrogen-bond acceptors (Lipinski definition) is 4. The lowest BCUT2D eigenvalue weighted by molar-refractivity contribution is 0.0578. The number of pyridine rings is 1. The van der Waals surface area contributed by atoms with Gasteiger partial charge in [-0.3, -0.25) is 9.88 Å². The summed E-state index contributed by atoms with van der Waals surface area (Å²) in [5.41, 5.74) is 0.771. The highest BCUT2D eigenvalue weighted by atomic mass is 35.5. The van der Waals surface area contributed by atoms with Gasteiger partial charge in [-0.1, -0.05) is 11.6 Å². The quantitative estimate of drug-likeness (QED) is 0.835. The number of rotatable bonds is 4. The minimum absolute atomic E-state index is 0.269. The molecule has 0 aliphatic heterocycles. The van der Waals surface area contributed by atoms with Crippen LogP contribution in [0, 0.1) is 5.92 Å². The first-order chi connectivity index (χ1) is 11.3. The molecule has 0 unspecified atom stereocenters. The summed E-state index contributed by atoms with van der Waals surface area (Å²) < 4.78 is 7.15. The van der Waals surface area contributed by atoms with Crippen LogP contribution in [0.15, 0.2) is 30.7 Å². The van der Waals surface area contributed by atoms with Crippen LogP contribution in [0.5, 0.6) is 0 Å². The van der Waals surface area contributed by atoms with Crippen molar-refractivity contribution >= 4 is 23.4 Å². The van der Waals surface area contributed by atoms with Crippen molar-refractivity contribution in [3.63, 3.8) is 0 Å². The number of aromatic nitrogens is 3. The van der Waals surface area contributed by atoms with Crippen LogP contribution in [0.2, 0.25) is 5.15 Å². The van der Waals surface area contributed by atoms with Gasteiger partial charge in [0.2, 0.25) is 0 Å². The first-order valence-electron chi connectivity index (χ1n) is 7.99. The summed E-state index contributed by atoms with van der Waals surface area (Å²) >= 11 is 6.31. The van der Waals surface area contributed by atoms with Gasteiger partial charge in [-0.2, -0.15) is 5.10 Å². The summed E-state index contributed by atoms with van der Waals surface area (Å²) in [6, 6.07) is 3.69. The fourth-order valence-corrected chi connectivity index (χ4v) is 2.53. The van der Waals surface area contributed by atoms with Crippen molar-refractivity contribution in [1.29, 1.82) is 0 Å². The van der Waals surface area contributed by atoms with E-state index in [0.717, 1.165) is 18.5 Å². The molecule has 0 N–H and O–H groups in total. The third-order valence-electron chi connectivity index (χ3n) is 3.60. The molecule has 2 heterocycles. The van der Waals surface area contributed by atoms with E-state index in [1.807, 2.05) is 32.9 Å². The maximum absolute atomic E-state index is 12.6. The molecule has 7 heteroatoms. The van der Waals surface area contributed by atoms with Gasteiger partial charge in [0.25, 0.3) is 0 Å². The molecule has 2 aromatic rings. The van der Waals surface area contributed by atoms with Gasteiger partial charge in [0.15, 0.2) is 5.15 Å². The first kappa shape index (κ1) is 16.8. The Labute approximate surface area is 146 Å². The van der Waals surface area contributed by atoms with Gasteiger partial charge < -0.3 is 4.74 Å². The van der Waals surface area contributed by atoms with Gasteiger partial charge in [0, 0.05) is 12.7 Å². The summed E-state index contributed by atoms with van der Waals surface area (Å²) in [6.45, 7) is 6.13. The average molecular weight is 349 g/mol. The van der Waals surface area contributed by atoms with Crippen LogP contribution in [0.1, 0.15) is 33.6 Å². The van der Waals surface area contributed by atoms with Crippen molar-refractivity contribution in [3.8, 4) is 5.69 Å². The highest BCUT2D eigenvalue weighted by Gasteiger charge is 2.32. The minimum atomic E-state index is -0.565. The molecule has 0 bridgehead atoms. The van der Waals surface area contributed by atoms with Crippen LogP contribution < -0.4 is 4.90 Å². The summed E-state index contributed by atoms with van der Waals surface area (Å²) in [4.78, 5) is 18.3. The number of anilines is 1. The van der Waals surface area contributed by atoms with Crippen molar-refractivity contribution in [2.45, 2.75) is 39.2 Å². The van der Waals surface area contributed by atoms with E-state index in [4.69, 9.17) is 16.3 Å². The smallest absolute Gasteiger partial charge is 0.414 e. The second-order valence-corrected chi connectivity index (χ2v) is 7.35. The van der Waals surface area contributed by atoms with E-state index in [1.54, 1.807) is 28.2 Å². The Bertz CT molecular complexity index is 720. The molecule has 1 aliphatic rings. The van der Waals surface area contributed by atoms with E-state index in [0.29, 0.717) is 18.2 Å². The lowest BCUT2D eigenvalue weighted by Crippen LogP contribution is -2.38. The number of carbonyl (C=O) groups is 1. The molecule has 1 amide bonds. The molecule has 3 rings (SSSR count). The fraction of sp³-hybridized carbons (Fsp3) is 0.471.